The highest BCUT2D eigenvalue weighted by atomic mass is 32.1. The molecule has 0 amide bonds. The molecule has 3 heterocycles. The molecule has 0 saturated carbocycles. The van der Waals surface area contributed by atoms with E-state index in [-0.39, 0.29) is 0 Å². The minimum Gasteiger partial charge on any atom is -0.456 e. The highest BCUT2D eigenvalue weighted by Gasteiger charge is 2.24. The summed E-state index contributed by atoms with van der Waals surface area (Å²) in [5, 5.41) is 13.3. The molecular weight excluding hydrogens is 737 g/mol. The number of fused-ring (bicyclic) bond motifs is 12. The summed E-state index contributed by atoms with van der Waals surface area (Å²) in [6.07, 6.45) is 0. The van der Waals surface area contributed by atoms with Crippen LogP contribution in [0, 0.1) is 0 Å². The zero-order valence-corrected chi connectivity index (χ0v) is 32.5. The lowest BCUT2D eigenvalue weighted by atomic mass is 9.83. The average molecular weight is 769 g/mol. The Morgan fingerprint density at radius 3 is 1.59 bits per heavy atom. The first-order valence-electron chi connectivity index (χ1n) is 20.1. The van der Waals surface area contributed by atoms with E-state index in [0.717, 1.165) is 50.0 Å². The van der Waals surface area contributed by atoms with E-state index in [2.05, 4.69) is 188 Å². The minimum atomic E-state index is 0.902. The Balaban J connectivity index is 1.10. The van der Waals surface area contributed by atoms with Crippen LogP contribution in [-0.4, -0.2) is 0 Å². The predicted molar refractivity (Wildman–Crippen MR) is 251 cm³/mol. The van der Waals surface area contributed by atoms with Crippen LogP contribution in [-0.2, 0) is 0 Å². The topological polar surface area (TPSA) is 26.3 Å². The summed E-state index contributed by atoms with van der Waals surface area (Å²) in [6.45, 7) is 0. The molecule has 0 unspecified atom stereocenters. The van der Waals surface area contributed by atoms with E-state index < -0.39 is 0 Å². The van der Waals surface area contributed by atoms with E-state index >= 15 is 0 Å². The number of para-hydroxylation sites is 1. The number of hydrogen-bond acceptors (Lipinski definition) is 3. The van der Waals surface area contributed by atoms with Crippen LogP contribution in [0.25, 0.3) is 130 Å². The molecule has 59 heavy (non-hydrogen) atoms. The van der Waals surface area contributed by atoms with Gasteiger partial charge in [-0.25, -0.2) is 0 Å². The summed E-state index contributed by atoms with van der Waals surface area (Å²) in [5.41, 5.74) is 11.1. The van der Waals surface area contributed by atoms with Crippen LogP contribution < -0.4 is 0 Å². The quantitative estimate of drug-likeness (QED) is 0.167. The molecule has 13 rings (SSSR count). The summed E-state index contributed by atoms with van der Waals surface area (Å²) < 4.78 is 15.8. The molecule has 0 bridgehead atoms. The summed E-state index contributed by atoms with van der Waals surface area (Å²) >= 11 is 1.83. The SMILES string of the molecule is c1ccc(-c2oc3c(ccc4c3sc3cccc(-c5c6ccccc6c(-c6cccc7c6ccc6oc8ccccc8c67)c6ccccc56)c34)c2-c2ccccc2)cc1. The van der Waals surface area contributed by atoms with Gasteiger partial charge in [0, 0.05) is 42.8 Å². The third-order valence-corrected chi connectivity index (χ3v) is 13.5. The zero-order valence-electron chi connectivity index (χ0n) is 31.7. The lowest BCUT2D eigenvalue weighted by Gasteiger charge is -2.19. The molecule has 0 aliphatic heterocycles. The standard InChI is InChI=1S/C56H32O2S/c1-3-15-33(16-4-1)49-44-29-30-45-53-43(26-14-28-48(53)59-56(45)55(44)58-54(49)34-17-5-2-6-18-34)51-40-21-9-7-19-38(40)50(39-20-8-10-22-41(39)51)36-24-13-25-37-35(36)31-32-47-52(37)42-23-11-12-27-46(42)57-47/h1-32H. The Labute approximate surface area is 342 Å². The molecule has 10 aromatic carbocycles. The largest absolute Gasteiger partial charge is 0.456 e. The van der Waals surface area contributed by atoms with E-state index in [1.165, 1.54) is 80.1 Å². The van der Waals surface area contributed by atoms with Crippen LogP contribution in [0.3, 0.4) is 0 Å². The second-order valence-corrected chi connectivity index (χ2v) is 16.5. The first-order valence-corrected chi connectivity index (χ1v) is 20.9. The van der Waals surface area contributed by atoms with Crippen LogP contribution >= 0.6 is 11.3 Å². The summed E-state index contributed by atoms with van der Waals surface area (Å²) in [4.78, 5) is 0. The first-order chi connectivity index (χ1) is 29.3. The average Bonchev–Trinajstić information content (AvgIpc) is 4.01. The monoisotopic (exact) mass is 768 g/mol. The van der Waals surface area contributed by atoms with Crippen molar-refractivity contribution in [2.45, 2.75) is 0 Å². The number of rotatable bonds is 4. The van der Waals surface area contributed by atoms with E-state index in [0.29, 0.717) is 0 Å². The summed E-state index contributed by atoms with van der Waals surface area (Å²) in [6, 6.07) is 70.0. The van der Waals surface area contributed by atoms with Crippen molar-refractivity contribution in [2.75, 3.05) is 0 Å². The molecular formula is C56H32O2S. The van der Waals surface area contributed by atoms with Gasteiger partial charge < -0.3 is 8.83 Å². The summed E-state index contributed by atoms with van der Waals surface area (Å²) in [5.74, 6) is 0.902. The second-order valence-electron chi connectivity index (χ2n) is 15.4. The van der Waals surface area contributed by atoms with Gasteiger partial charge in [0.1, 0.15) is 16.9 Å². The van der Waals surface area contributed by atoms with Crippen molar-refractivity contribution < 1.29 is 8.83 Å². The van der Waals surface area contributed by atoms with Gasteiger partial charge in [-0.1, -0.05) is 170 Å². The van der Waals surface area contributed by atoms with E-state index in [4.69, 9.17) is 8.83 Å². The minimum absolute atomic E-state index is 0.902. The number of benzene rings is 10. The number of furan rings is 2. The number of hydrogen-bond donors (Lipinski definition) is 0. The Hall–Kier alpha value is -7.46. The lowest BCUT2D eigenvalue weighted by molar-refractivity contribution is 0.636. The highest BCUT2D eigenvalue weighted by molar-refractivity contribution is 7.26. The van der Waals surface area contributed by atoms with Crippen molar-refractivity contribution in [1.29, 1.82) is 0 Å². The smallest absolute Gasteiger partial charge is 0.153 e. The van der Waals surface area contributed by atoms with Gasteiger partial charge in [-0.15, -0.1) is 11.3 Å². The van der Waals surface area contributed by atoms with Gasteiger partial charge in [-0.05, 0) is 84.4 Å². The predicted octanol–water partition coefficient (Wildman–Crippen LogP) is 16.8. The zero-order chi connectivity index (χ0) is 38.6. The lowest BCUT2D eigenvalue weighted by Crippen LogP contribution is -1.92. The molecule has 0 saturated heterocycles. The van der Waals surface area contributed by atoms with Gasteiger partial charge in [0.2, 0.25) is 0 Å². The van der Waals surface area contributed by atoms with Crippen LogP contribution in [0.4, 0.5) is 0 Å². The molecule has 0 spiro atoms. The van der Waals surface area contributed by atoms with Gasteiger partial charge in [0.05, 0.1) is 4.70 Å². The van der Waals surface area contributed by atoms with Crippen molar-refractivity contribution in [3.05, 3.63) is 194 Å². The van der Waals surface area contributed by atoms with E-state index in [1.54, 1.807) is 0 Å². The highest BCUT2D eigenvalue weighted by Crippen LogP contribution is 2.52. The van der Waals surface area contributed by atoms with Crippen molar-refractivity contribution in [3.8, 4) is 44.7 Å². The van der Waals surface area contributed by atoms with Gasteiger partial charge in [-0.2, -0.15) is 0 Å². The fraction of sp³-hybridized carbons (Fsp3) is 0. The third-order valence-electron chi connectivity index (χ3n) is 12.3. The van der Waals surface area contributed by atoms with Crippen LogP contribution in [0.1, 0.15) is 0 Å². The molecule has 0 fully saturated rings. The molecule has 2 nitrogen and oxygen atoms in total. The van der Waals surface area contributed by atoms with Crippen molar-refractivity contribution in [1.82, 2.24) is 0 Å². The molecule has 0 atom stereocenters. The fourth-order valence-electron chi connectivity index (χ4n) is 9.84. The van der Waals surface area contributed by atoms with Crippen LogP contribution in [0.2, 0.25) is 0 Å². The second kappa shape index (κ2) is 12.5. The van der Waals surface area contributed by atoms with Gasteiger partial charge in [-0.3, -0.25) is 0 Å². The summed E-state index contributed by atoms with van der Waals surface area (Å²) in [7, 11) is 0. The molecule has 0 N–H and O–H groups in total. The molecule has 274 valence electrons. The fourth-order valence-corrected chi connectivity index (χ4v) is 11.1. The van der Waals surface area contributed by atoms with Gasteiger partial charge >= 0.3 is 0 Å². The Morgan fingerprint density at radius 2 is 0.864 bits per heavy atom. The van der Waals surface area contributed by atoms with Crippen LogP contribution in [0.5, 0.6) is 0 Å². The van der Waals surface area contributed by atoms with Crippen molar-refractivity contribution >= 4 is 96.7 Å². The maximum absolute atomic E-state index is 7.02. The maximum atomic E-state index is 7.02. The van der Waals surface area contributed by atoms with Gasteiger partial charge in [0.15, 0.2) is 5.58 Å². The first kappa shape index (κ1) is 32.6. The Kier molecular flexibility index (Phi) is 6.92. The van der Waals surface area contributed by atoms with Crippen LogP contribution in [0.15, 0.2) is 203 Å². The molecule has 13 aromatic rings. The third kappa shape index (κ3) is 4.68. The molecule has 3 heteroatoms. The van der Waals surface area contributed by atoms with E-state index in [1.807, 2.05) is 17.4 Å². The van der Waals surface area contributed by atoms with Gasteiger partial charge in [0.25, 0.3) is 0 Å². The maximum Gasteiger partial charge on any atom is 0.153 e. The molecule has 3 aromatic heterocycles. The molecule has 0 aliphatic carbocycles. The Bertz CT molecular complexity index is 3770. The number of thiophene rings is 1. The van der Waals surface area contributed by atoms with E-state index in [9.17, 15) is 0 Å². The van der Waals surface area contributed by atoms with Crippen molar-refractivity contribution in [2.24, 2.45) is 0 Å². The van der Waals surface area contributed by atoms with Crippen molar-refractivity contribution in [3.63, 3.8) is 0 Å². The normalized spacial score (nSPS) is 12.1. The molecule has 0 radical (unpaired) electrons. The molecule has 0 aliphatic rings. The Morgan fingerprint density at radius 1 is 0.305 bits per heavy atom.